The van der Waals surface area contributed by atoms with E-state index in [1.165, 1.54) is 31.3 Å². The highest BCUT2D eigenvalue weighted by atomic mass is 19.1. The van der Waals surface area contributed by atoms with Gasteiger partial charge in [-0.25, -0.2) is 4.39 Å². The minimum Gasteiger partial charge on any atom is -0.507 e. The third-order valence-corrected chi connectivity index (χ3v) is 2.87. The lowest BCUT2D eigenvalue weighted by Gasteiger charge is -2.22. The lowest BCUT2D eigenvalue weighted by Crippen LogP contribution is -2.36. The maximum absolute atomic E-state index is 13.7. The van der Waals surface area contributed by atoms with Crippen LogP contribution in [-0.4, -0.2) is 55.8 Å². The fourth-order valence-corrected chi connectivity index (χ4v) is 1.73. The van der Waals surface area contributed by atoms with Crippen LogP contribution in [0.4, 0.5) is 4.39 Å². The number of hydrogen-bond acceptors (Lipinski definition) is 5. The SMILES string of the molecule is COCCN(CCC(=O)OC)C(=O)c1c(O)cccc1F. The molecule has 0 bridgehead atoms. The number of carbonyl (C=O) groups excluding carboxylic acids is 2. The Morgan fingerprint density at radius 3 is 2.57 bits per heavy atom. The van der Waals surface area contributed by atoms with Gasteiger partial charge >= 0.3 is 5.97 Å². The van der Waals surface area contributed by atoms with Crippen LogP contribution in [0.2, 0.25) is 0 Å². The molecule has 0 aliphatic rings. The van der Waals surface area contributed by atoms with Gasteiger partial charge in [-0.15, -0.1) is 0 Å². The lowest BCUT2D eigenvalue weighted by atomic mass is 10.1. The average Bonchev–Trinajstić information content (AvgIpc) is 2.46. The minimum atomic E-state index is -0.819. The van der Waals surface area contributed by atoms with Gasteiger partial charge in [0.1, 0.15) is 17.1 Å². The van der Waals surface area contributed by atoms with E-state index >= 15 is 0 Å². The number of phenols is 1. The van der Waals surface area contributed by atoms with Crippen LogP contribution in [0.5, 0.6) is 5.75 Å². The molecule has 7 heteroatoms. The lowest BCUT2D eigenvalue weighted by molar-refractivity contribution is -0.140. The van der Waals surface area contributed by atoms with Crippen LogP contribution in [-0.2, 0) is 14.3 Å². The average molecular weight is 299 g/mol. The van der Waals surface area contributed by atoms with Crippen molar-refractivity contribution in [1.82, 2.24) is 4.90 Å². The summed E-state index contributed by atoms with van der Waals surface area (Å²) in [5, 5.41) is 9.65. The fraction of sp³-hybridized carbons (Fsp3) is 0.429. The van der Waals surface area contributed by atoms with Crippen LogP contribution in [0.1, 0.15) is 16.8 Å². The maximum atomic E-state index is 13.7. The smallest absolute Gasteiger partial charge is 0.307 e. The zero-order chi connectivity index (χ0) is 15.8. The normalized spacial score (nSPS) is 10.2. The number of esters is 1. The topological polar surface area (TPSA) is 76.1 Å². The van der Waals surface area contributed by atoms with Crippen LogP contribution in [0, 0.1) is 5.82 Å². The zero-order valence-electron chi connectivity index (χ0n) is 12.0. The molecule has 0 aliphatic heterocycles. The van der Waals surface area contributed by atoms with Crippen molar-refractivity contribution < 1.29 is 28.6 Å². The van der Waals surface area contributed by atoms with Gasteiger partial charge < -0.3 is 19.5 Å². The van der Waals surface area contributed by atoms with Crippen molar-refractivity contribution in [2.24, 2.45) is 0 Å². The van der Waals surface area contributed by atoms with Crippen molar-refractivity contribution in [3.63, 3.8) is 0 Å². The monoisotopic (exact) mass is 299 g/mol. The van der Waals surface area contributed by atoms with E-state index in [1.807, 2.05) is 0 Å². The first kappa shape index (κ1) is 16.9. The van der Waals surface area contributed by atoms with Gasteiger partial charge in [-0.3, -0.25) is 9.59 Å². The van der Waals surface area contributed by atoms with Crippen molar-refractivity contribution in [2.45, 2.75) is 6.42 Å². The molecule has 21 heavy (non-hydrogen) atoms. The summed E-state index contributed by atoms with van der Waals surface area (Å²) in [6.07, 6.45) is -0.0266. The number of halogens is 1. The molecule has 1 N–H and O–H groups in total. The quantitative estimate of drug-likeness (QED) is 0.765. The highest BCUT2D eigenvalue weighted by molar-refractivity contribution is 5.97. The van der Waals surface area contributed by atoms with Gasteiger partial charge in [0.25, 0.3) is 5.91 Å². The number of aromatic hydroxyl groups is 1. The number of methoxy groups -OCH3 is 2. The fourth-order valence-electron chi connectivity index (χ4n) is 1.73. The van der Waals surface area contributed by atoms with Gasteiger partial charge in [-0.2, -0.15) is 0 Å². The molecule has 0 aromatic heterocycles. The molecule has 1 aromatic carbocycles. The molecule has 0 saturated carbocycles. The number of hydrogen-bond donors (Lipinski definition) is 1. The molecule has 0 fully saturated rings. The third kappa shape index (κ3) is 4.71. The molecule has 0 heterocycles. The summed E-state index contributed by atoms with van der Waals surface area (Å²) in [6.45, 7) is 0.435. The standard InChI is InChI=1S/C14H18FNO5/c1-20-9-8-16(7-6-12(18)21-2)14(19)13-10(15)4-3-5-11(13)17/h3-5,17H,6-9H2,1-2H3. The predicted molar refractivity (Wildman–Crippen MR) is 72.5 cm³/mol. The van der Waals surface area contributed by atoms with Crippen LogP contribution in [0.3, 0.4) is 0 Å². The molecule has 0 aliphatic carbocycles. The number of carbonyl (C=O) groups is 2. The molecular weight excluding hydrogens is 281 g/mol. The van der Waals surface area contributed by atoms with Gasteiger partial charge in [-0.05, 0) is 12.1 Å². The van der Waals surface area contributed by atoms with Crippen LogP contribution in [0.15, 0.2) is 18.2 Å². The molecule has 116 valence electrons. The highest BCUT2D eigenvalue weighted by Gasteiger charge is 2.23. The van der Waals surface area contributed by atoms with Crippen molar-refractivity contribution in [2.75, 3.05) is 33.9 Å². The van der Waals surface area contributed by atoms with Crippen molar-refractivity contribution >= 4 is 11.9 Å². The van der Waals surface area contributed by atoms with Crippen molar-refractivity contribution in [1.29, 1.82) is 0 Å². The summed E-state index contributed by atoms with van der Waals surface area (Å²) in [5.41, 5.74) is -0.418. The predicted octanol–water partition coefficient (Wildman–Crippen LogP) is 1.18. The first-order valence-electron chi connectivity index (χ1n) is 6.33. The van der Waals surface area contributed by atoms with Crippen molar-refractivity contribution in [3.8, 4) is 5.75 Å². The largest absolute Gasteiger partial charge is 0.507 e. The Bertz CT molecular complexity index is 486. The summed E-state index contributed by atoms with van der Waals surface area (Å²) in [6, 6.07) is 3.61. The second-order valence-corrected chi connectivity index (χ2v) is 4.25. The number of ether oxygens (including phenoxy) is 2. The number of phenolic OH excluding ortho intramolecular Hbond substituents is 1. The van der Waals surface area contributed by atoms with E-state index in [1.54, 1.807) is 0 Å². The summed E-state index contributed by atoms with van der Waals surface area (Å²) >= 11 is 0. The number of rotatable bonds is 7. The van der Waals surface area contributed by atoms with Crippen LogP contribution < -0.4 is 0 Å². The summed E-state index contributed by atoms with van der Waals surface area (Å²) < 4.78 is 23.1. The molecule has 6 nitrogen and oxygen atoms in total. The van der Waals surface area contributed by atoms with Gasteiger partial charge in [-0.1, -0.05) is 6.07 Å². The zero-order valence-corrected chi connectivity index (χ0v) is 12.0. The first-order valence-corrected chi connectivity index (χ1v) is 6.33. The summed E-state index contributed by atoms with van der Waals surface area (Å²) in [5.74, 6) is -2.45. The summed E-state index contributed by atoms with van der Waals surface area (Å²) in [7, 11) is 2.70. The Morgan fingerprint density at radius 2 is 2.00 bits per heavy atom. The van der Waals surface area contributed by atoms with E-state index in [4.69, 9.17) is 4.74 Å². The molecule has 1 amide bonds. The van der Waals surface area contributed by atoms with Crippen LogP contribution >= 0.6 is 0 Å². The summed E-state index contributed by atoms with van der Waals surface area (Å²) in [4.78, 5) is 24.7. The Labute approximate surface area is 122 Å². The van der Waals surface area contributed by atoms with E-state index < -0.39 is 29.0 Å². The molecule has 1 rings (SSSR count). The molecule has 0 unspecified atom stereocenters. The molecular formula is C14H18FNO5. The molecule has 1 aromatic rings. The highest BCUT2D eigenvalue weighted by Crippen LogP contribution is 2.21. The Hall–Kier alpha value is -2.15. The second kappa shape index (κ2) is 8.21. The Kier molecular flexibility index (Phi) is 6.61. The second-order valence-electron chi connectivity index (χ2n) is 4.25. The van der Waals surface area contributed by atoms with E-state index in [0.717, 1.165) is 6.07 Å². The molecule has 0 saturated heterocycles. The molecule has 0 radical (unpaired) electrons. The Morgan fingerprint density at radius 1 is 1.29 bits per heavy atom. The number of nitrogens with zero attached hydrogens (tertiary/aromatic N) is 1. The minimum absolute atomic E-state index is 0.0266. The van der Waals surface area contributed by atoms with E-state index in [-0.39, 0.29) is 26.1 Å². The van der Waals surface area contributed by atoms with Gasteiger partial charge in [0, 0.05) is 20.2 Å². The first-order chi connectivity index (χ1) is 10.0. The molecule has 0 atom stereocenters. The van der Waals surface area contributed by atoms with Crippen molar-refractivity contribution in [3.05, 3.63) is 29.6 Å². The van der Waals surface area contributed by atoms with Gasteiger partial charge in [0.15, 0.2) is 0 Å². The van der Waals surface area contributed by atoms with E-state index in [9.17, 15) is 19.1 Å². The Balaban J connectivity index is 2.91. The number of amides is 1. The van der Waals surface area contributed by atoms with E-state index in [2.05, 4.69) is 4.74 Å². The van der Waals surface area contributed by atoms with Gasteiger partial charge in [0.05, 0.1) is 20.1 Å². The number of benzene rings is 1. The van der Waals surface area contributed by atoms with E-state index in [0.29, 0.717) is 0 Å². The van der Waals surface area contributed by atoms with Crippen LogP contribution in [0.25, 0.3) is 0 Å². The maximum Gasteiger partial charge on any atom is 0.307 e. The van der Waals surface area contributed by atoms with Gasteiger partial charge in [0.2, 0.25) is 0 Å². The third-order valence-electron chi connectivity index (χ3n) is 2.87. The molecule has 0 spiro atoms.